The number of H-pyrrole nitrogens is 1. The Balaban J connectivity index is 1.60. The van der Waals surface area contributed by atoms with E-state index in [9.17, 15) is 9.59 Å². The third kappa shape index (κ3) is 4.61. The molecule has 0 aliphatic carbocycles. The number of carbonyl (C=O) groups excluding carboxylic acids is 1. The van der Waals surface area contributed by atoms with E-state index < -0.39 is 5.97 Å². The molecule has 6 nitrogen and oxygen atoms in total. The Morgan fingerprint density at radius 2 is 1.81 bits per heavy atom. The number of carboxylic acids is 1. The van der Waals surface area contributed by atoms with Gasteiger partial charge in [-0.25, -0.2) is 4.98 Å². The van der Waals surface area contributed by atoms with Crippen LogP contribution in [0.2, 0.25) is 5.02 Å². The molecule has 1 aromatic heterocycles. The van der Waals surface area contributed by atoms with Crippen LogP contribution < -0.4 is 5.32 Å². The molecule has 3 N–H and O–H groups in total. The number of rotatable bonds is 7. The van der Waals surface area contributed by atoms with Crippen LogP contribution in [0.3, 0.4) is 0 Å². The van der Waals surface area contributed by atoms with Crippen LogP contribution in [0.5, 0.6) is 0 Å². The highest BCUT2D eigenvalue weighted by molar-refractivity contribution is 6.31. The number of hydrogen-bond acceptors (Lipinski definition) is 3. The number of unbranched alkanes of at least 4 members (excludes halogenated alkanes) is 1. The number of imidazole rings is 1. The zero-order valence-corrected chi connectivity index (χ0v) is 14.7. The predicted octanol–water partition coefficient (Wildman–Crippen LogP) is 4.47. The summed E-state index contributed by atoms with van der Waals surface area (Å²) in [5.41, 5.74) is 3.29. The van der Waals surface area contributed by atoms with Gasteiger partial charge in [0.05, 0.1) is 11.0 Å². The molecule has 0 fully saturated rings. The first-order valence-electron chi connectivity index (χ1n) is 8.28. The molecule has 0 aliphatic rings. The second-order valence-electron chi connectivity index (χ2n) is 5.97. The molecular weight excluding hydrogens is 354 g/mol. The van der Waals surface area contributed by atoms with Crippen molar-refractivity contribution in [3.8, 4) is 11.4 Å². The molecule has 0 atom stereocenters. The van der Waals surface area contributed by atoms with E-state index in [1.807, 2.05) is 36.4 Å². The number of carboxylic acid groups (broad SMARTS) is 1. The molecular formula is C19H18ClN3O3. The Morgan fingerprint density at radius 3 is 2.54 bits per heavy atom. The van der Waals surface area contributed by atoms with E-state index in [1.54, 1.807) is 6.07 Å². The van der Waals surface area contributed by atoms with Gasteiger partial charge in [-0.05, 0) is 55.3 Å². The van der Waals surface area contributed by atoms with Gasteiger partial charge in [-0.15, -0.1) is 0 Å². The molecule has 0 saturated heterocycles. The van der Waals surface area contributed by atoms with E-state index >= 15 is 0 Å². The van der Waals surface area contributed by atoms with Crippen molar-refractivity contribution in [2.24, 2.45) is 0 Å². The van der Waals surface area contributed by atoms with Crippen LogP contribution in [0.4, 0.5) is 5.69 Å². The smallest absolute Gasteiger partial charge is 0.303 e. The summed E-state index contributed by atoms with van der Waals surface area (Å²) in [5.74, 6) is -0.232. The van der Waals surface area contributed by atoms with Crippen molar-refractivity contribution in [2.45, 2.75) is 25.7 Å². The van der Waals surface area contributed by atoms with Gasteiger partial charge in [-0.1, -0.05) is 11.6 Å². The van der Waals surface area contributed by atoms with Crippen LogP contribution in [0.15, 0.2) is 42.5 Å². The normalized spacial score (nSPS) is 10.8. The second-order valence-corrected chi connectivity index (χ2v) is 6.41. The zero-order chi connectivity index (χ0) is 18.5. The average molecular weight is 372 g/mol. The molecule has 0 spiro atoms. The molecule has 2 aromatic carbocycles. The highest BCUT2D eigenvalue weighted by Gasteiger charge is 2.07. The lowest BCUT2D eigenvalue weighted by molar-refractivity contribution is -0.137. The second kappa shape index (κ2) is 8.01. The lowest BCUT2D eigenvalue weighted by Crippen LogP contribution is -2.11. The highest BCUT2D eigenvalue weighted by Crippen LogP contribution is 2.24. The number of carbonyl (C=O) groups is 2. The van der Waals surface area contributed by atoms with Crippen LogP contribution in [0.1, 0.15) is 25.7 Å². The summed E-state index contributed by atoms with van der Waals surface area (Å²) in [5, 5.41) is 12.0. The van der Waals surface area contributed by atoms with E-state index in [1.165, 1.54) is 0 Å². The van der Waals surface area contributed by atoms with Gasteiger partial charge in [-0.2, -0.15) is 0 Å². The van der Waals surface area contributed by atoms with Crippen molar-refractivity contribution >= 4 is 40.2 Å². The Bertz CT molecular complexity index is 935. The zero-order valence-electron chi connectivity index (χ0n) is 14.0. The van der Waals surface area contributed by atoms with Gasteiger partial charge in [0.1, 0.15) is 5.82 Å². The molecule has 1 amide bonds. The van der Waals surface area contributed by atoms with Crippen molar-refractivity contribution in [1.82, 2.24) is 9.97 Å². The van der Waals surface area contributed by atoms with Gasteiger partial charge in [0.25, 0.3) is 0 Å². The van der Waals surface area contributed by atoms with E-state index in [-0.39, 0.29) is 12.3 Å². The molecule has 26 heavy (non-hydrogen) atoms. The van der Waals surface area contributed by atoms with Crippen LogP contribution in [-0.4, -0.2) is 27.0 Å². The number of benzene rings is 2. The van der Waals surface area contributed by atoms with E-state index in [4.69, 9.17) is 16.7 Å². The number of hydrogen-bond donors (Lipinski definition) is 3. The van der Waals surface area contributed by atoms with E-state index in [2.05, 4.69) is 15.3 Å². The van der Waals surface area contributed by atoms with Crippen molar-refractivity contribution in [1.29, 1.82) is 0 Å². The summed E-state index contributed by atoms with van der Waals surface area (Å²) < 4.78 is 0. The van der Waals surface area contributed by atoms with Crippen molar-refractivity contribution in [3.05, 3.63) is 47.5 Å². The molecule has 3 aromatic rings. The number of nitrogens with one attached hydrogen (secondary N) is 2. The maximum Gasteiger partial charge on any atom is 0.303 e. The number of aromatic nitrogens is 2. The first-order chi connectivity index (χ1) is 12.5. The Labute approximate surface area is 155 Å². The summed E-state index contributed by atoms with van der Waals surface area (Å²) >= 11 is 5.99. The van der Waals surface area contributed by atoms with Crippen molar-refractivity contribution in [3.63, 3.8) is 0 Å². The minimum Gasteiger partial charge on any atom is -0.481 e. The Kier molecular flexibility index (Phi) is 5.53. The van der Waals surface area contributed by atoms with Gasteiger partial charge in [0.15, 0.2) is 0 Å². The standard InChI is InChI=1S/C19H18ClN3O3/c20-13-7-10-15-16(11-13)23-19(22-15)12-5-8-14(9-6-12)21-17(24)3-1-2-4-18(25)26/h5-11H,1-4H2,(H,21,24)(H,22,23)(H,25,26). The molecule has 0 bridgehead atoms. The Morgan fingerprint density at radius 1 is 1.08 bits per heavy atom. The molecule has 0 unspecified atom stereocenters. The molecule has 1 heterocycles. The number of halogens is 1. The van der Waals surface area contributed by atoms with Crippen LogP contribution in [-0.2, 0) is 9.59 Å². The summed E-state index contributed by atoms with van der Waals surface area (Å²) in [4.78, 5) is 30.1. The number of aromatic amines is 1. The molecule has 7 heteroatoms. The number of aliphatic carboxylic acids is 1. The fourth-order valence-corrected chi connectivity index (χ4v) is 2.79. The average Bonchev–Trinajstić information content (AvgIpc) is 3.02. The fraction of sp³-hybridized carbons (Fsp3) is 0.211. The summed E-state index contributed by atoms with van der Waals surface area (Å²) in [6, 6.07) is 12.8. The third-order valence-electron chi connectivity index (χ3n) is 3.93. The lowest BCUT2D eigenvalue weighted by atomic mass is 10.1. The first-order valence-corrected chi connectivity index (χ1v) is 8.66. The fourth-order valence-electron chi connectivity index (χ4n) is 2.62. The minimum absolute atomic E-state index is 0.0880. The van der Waals surface area contributed by atoms with Gasteiger partial charge in [0.2, 0.25) is 5.91 Å². The molecule has 0 radical (unpaired) electrons. The van der Waals surface area contributed by atoms with Gasteiger partial charge in [0, 0.05) is 29.1 Å². The van der Waals surface area contributed by atoms with Crippen LogP contribution in [0, 0.1) is 0 Å². The van der Waals surface area contributed by atoms with Crippen molar-refractivity contribution in [2.75, 3.05) is 5.32 Å². The number of amides is 1. The molecule has 3 rings (SSSR count). The van der Waals surface area contributed by atoms with Gasteiger partial charge >= 0.3 is 5.97 Å². The topological polar surface area (TPSA) is 95.1 Å². The third-order valence-corrected chi connectivity index (χ3v) is 4.17. The number of fused-ring (bicyclic) bond motifs is 1. The van der Waals surface area contributed by atoms with E-state index in [0.717, 1.165) is 22.4 Å². The molecule has 134 valence electrons. The van der Waals surface area contributed by atoms with E-state index in [0.29, 0.717) is 30.0 Å². The van der Waals surface area contributed by atoms with Gasteiger partial charge in [-0.3, -0.25) is 9.59 Å². The summed E-state index contributed by atoms with van der Waals surface area (Å²) in [6.07, 6.45) is 1.44. The molecule has 0 saturated carbocycles. The maximum absolute atomic E-state index is 11.9. The minimum atomic E-state index is -0.839. The largest absolute Gasteiger partial charge is 0.481 e. The quantitative estimate of drug-likeness (QED) is 0.534. The Hall–Kier alpha value is -2.86. The maximum atomic E-state index is 11.9. The SMILES string of the molecule is O=C(O)CCCCC(=O)Nc1ccc(-c2nc3ccc(Cl)cc3[nH]2)cc1. The molecule has 0 aliphatic heterocycles. The predicted molar refractivity (Wildman–Crippen MR) is 101 cm³/mol. The summed E-state index contributed by atoms with van der Waals surface area (Å²) in [6.45, 7) is 0. The first kappa shape index (κ1) is 17.9. The van der Waals surface area contributed by atoms with Crippen LogP contribution in [0.25, 0.3) is 22.4 Å². The monoisotopic (exact) mass is 371 g/mol. The lowest BCUT2D eigenvalue weighted by Gasteiger charge is -2.05. The van der Waals surface area contributed by atoms with Crippen molar-refractivity contribution < 1.29 is 14.7 Å². The van der Waals surface area contributed by atoms with Gasteiger partial charge < -0.3 is 15.4 Å². The summed E-state index contributed by atoms with van der Waals surface area (Å²) in [7, 11) is 0. The number of nitrogens with zero attached hydrogens (tertiary/aromatic N) is 1. The highest BCUT2D eigenvalue weighted by atomic mass is 35.5. The number of anilines is 1. The van der Waals surface area contributed by atoms with Crippen LogP contribution >= 0.6 is 11.6 Å².